The molecule has 0 atom stereocenters. The van der Waals surface area contributed by atoms with Gasteiger partial charge in [-0.25, -0.2) is 14.1 Å². The molecule has 0 aromatic rings. The zero-order valence-corrected chi connectivity index (χ0v) is 29.7. The molecule has 0 bridgehead atoms. The van der Waals surface area contributed by atoms with E-state index in [4.69, 9.17) is 17.5 Å². The van der Waals surface area contributed by atoms with E-state index in [9.17, 15) is 9.59 Å². The second-order valence-corrected chi connectivity index (χ2v) is 13.6. The van der Waals surface area contributed by atoms with Crippen LogP contribution in [0.2, 0.25) is 0 Å². The number of quaternary nitrogens is 1. The van der Waals surface area contributed by atoms with E-state index < -0.39 is 10.4 Å². The molecule has 8 heteroatoms. The van der Waals surface area contributed by atoms with Crippen molar-refractivity contribution >= 4 is 22.2 Å². The number of imide groups is 1. The van der Waals surface area contributed by atoms with E-state index in [1.54, 1.807) is 0 Å². The molecule has 43 heavy (non-hydrogen) atoms. The highest BCUT2D eigenvalue weighted by Crippen LogP contribution is 2.18. The third-order valence-electron chi connectivity index (χ3n) is 8.72. The summed E-state index contributed by atoms with van der Waals surface area (Å²) in [5.41, 5.74) is 0. The minimum Gasteiger partial charge on any atom is -0.264 e. The summed E-state index contributed by atoms with van der Waals surface area (Å²) in [6.45, 7) is 7.13. The van der Waals surface area contributed by atoms with Gasteiger partial charge < -0.3 is 0 Å². The predicted molar refractivity (Wildman–Crippen MR) is 182 cm³/mol. The van der Waals surface area contributed by atoms with Crippen LogP contribution in [0, 0.1) is 0 Å². The van der Waals surface area contributed by atoms with Crippen LogP contribution < -0.4 is 0 Å². The highest BCUT2D eigenvalue weighted by molar-refractivity contribution is 7.79. The standard InChI is InChI=1S/C35H70NO2.H2O4S/c1-5-8-10-12-14-16-18-20-22-24-26-28-30-32-34(37)36(4,7-3)35(38)33-31-29-27-25-23-21-19-17-15-13-11-9-6-2;1-5(2,3)4/h5-33H2,1-4H3;(H2,1,2,3,4)/q+1;. The van der Waals surface area contributed by atoms with Crippen LogP contribution in [0.3, 0.4) is 0 Å². The van der Waals surface area contributed by atoms with E-state index in [0.29, 0.717) is 19.4 Å². The van der Waals surface area contributed by atoms with Gasteiger partial charge in [-0.05, 0) is 19.8 Å². The van der Waals surface area contributed by atoms with E-state index in [1.807, 2.05) is 14.0 Å². The molecule has 2 amide bonds. The van der Waals surface area contributed by atoms with Crippen LogP contribution in [0.5, 0.6) is 0 Å². The summed E-state index contributed by atoms with van der Waals surface area (Å²) < 4.78 is 31.6. The Labute approximate surface area is 267 Å². The molecule has 0 unspecified atom stereocenters. The average Bonchev–Trinajstić information content (AvgIpc) is 2.96. The Morgan fingerprint density at radius 3 is 0.814 bits per heavy atom. The predicted octanol–water partition coefficient (Wildman–Crippen LogP) is 10.8. The van der Waals surface area contributed by atoms with Crippen molar-refractivity contribution in [3.63, 3.8) is 0 Å². The summed E-state index contributed by atoms with van der Waals surface area (Å²) in [5.74, 6) is 0.269. The first-order chi connectivity index (χ1) is 20.5. The zero-order chi connectivity index (χ0) is 32.7. The van der Waals surface area contributed by atoms with Crippen molar-refractivity contribution < 1.29 is 31.6 Å². The zero-order valence-electron chi connectivity index (χ0n) is 28.9. The molecule has 0 saturated heterocycles. The lowest BCUT2D eigenvalue weighted by Gasteiger charge is -2.27. The van der Waals surface area contributed by atoms with E-state index in [-0.39, 0.29) is 16.3 Å². The van der Waals surface area contributed by atoms with Crippen LogP contribution in [0.25, 0.3) is 0 Å². The summed E-state index contributed by atoms with van der Waals surface area (Å²) >= 11 is 0. The Hall–Kier alpha value is -0.830. The molecule has 0 heterocycles. The molecule has 0 rings (SSSR count). The van der Waals surface area contributed by atoms with Crippen LogP contribution in [0.1, 0.15) is 201 Å². The number of unbranched alkanes of at least 4 members (excludes halogenated alkanes) is 24. The summed E-state index contributed by atoms with van der Waals surface area (Å²) in [4.78, 5) is 25.8. The van der Waals surface area contributed by atoms with Gasteiger partial charge in [0, 0.05) is 0 Å². The monoisotopic (exact) mass is 635 g/mol. The van der Waals surface area contributed by atoms with Gasteiger partial charge in [-0.1, -0.05) is 168 Å². The smallest absolute Gasteiger partial charge is 0.264 e. The van der Waals surface area contributed by atoms with Gasteiger partial charge >= 0.3 is 22.2 Å². The van der Waals surface area contributed by atoms with Crippen LogP contribution in [-0.2, 0) is 20.0 Å². The van der Waals surface area contributed by atoms with Crippen molar-refractivity contribution in [1.29, 1.82) is 0 Å². The summed E-state index contributed by atoms with van der Waals surface area (Å²) in [5, 5.41) is 0. The Bertz CT molecular complexity index is 691. The summed E-state index contributed by atoms with van der Waals surface area (Å²) in [6, 6.07) is 0. The normalized spacial score (nSPS) is 11.8. The average molecular weight is 635 g/mol. The molecule has 0 spiro atoms. The maximum atomic E-state index is 12.9. The highest BCUT2D eigenvalue weighted by Gasteiger charge is 2.36. The minimum atomic E-state index is -4.67. The van der Waals surface area contributed by atoms with E-state index in [0.717, 1.165) is 25.7 Å². The lowest BCUT2D eigenvalue weighted by molar-refractivity contribution is -0.756. The van der Waals surface area contributed by atoms with Gasteiger partial charge in [0.05, 0.1) is 26.4 Å². The van der Waals surface area contributed by atoms with E-state index in [1.165, 1.54) is 141 Å². The first-order valence-electron chi connectivity index (χ1n) is 18.1. The van der Waals surface area contributed by atoms with Crippen LogP contribution >= 0.6 is 0 Å². The second-order valence-electron chi connectivity index (χ2n) is 12.7. The fourth-order valence-corrected chi connectivity index (χ4v) is 5.57. The van der Waals surface area contributed by atoms with E-state index in [2.05, 4.69) is 13.8 Å². The largest absolute Gasteiger partial charge is 0.394 e. The van der Waals surface area contributed by atoms with Crippen molar-refractivity contribution in [3.05, 3.63) is 0 Å². The number of carbonyl (C=O) groups excluding carboxylic acids is 2. The summed E-state index contributed by atoms with van der Waals surface area (Å²) in [7, 11) is -2.81. The SMILES string of the molecule is CCCCCCCCCCCCCCCC(=O)[N+](C)(CC)C(=O)CCCCCCCCCCCCCCC.O=S(=O)(O)O. The molecule has 258 valence electrons. The maximum Gasteiger partial charge on any atom is 0.394 e. The third kappa shape index (κ3) is 32.4. The van der Waals surface area contributed by atoms with Crippen LogP contribution in [-0.4, -0.2) is 47.4 Å². The molecular weight excluding hydrogens is 562 g/mol. The molecule has 0 saturated carbocycles. The molecule has 0 aliphatic rings. The Kier molecular flexibility index (Phi) is 32.1. The topological polar surface area (TPSA) is 109 Å². The van der Waals surface area contributed by atoms with Crippen molar-refractivity contribution in [3.8, 4) is 0 Å². The number of nitrogens with zero attached hydrogens (tertiary/aromatic N) is 1. The molecule has 0 radical (unpaired) electrons. The second kappa shape index (κ2) is 31.2. The van der Waals surface area contributed by atoms with Gasteiger partial charge in [0.1, 0.15) is 0 Å². The first kappa shape index (κ1) is 44.3. The molecule has 2 N–H and O–H groups in total. The molecule has 0 aliphatic heterocycles. The molecule has 7 nitrogen and oxygen atoms in total. The maximum absolute atomic E-state index is 12.9. The molecule has 0 fully saturated rings. The lowest BCUT2D eigenvalue weighted by Crippen LogP contribution is -2.53. The van der Waals surface area contributed by atoms with Gasteiger partial charge in [0.25, 0.3) is 0 Å². The first-order valence-corrected chi connectivity index (χ1v) is 19.5. The van der Waals surface area contributed by atoms with E-state index >= 15 is 0 Å². The Morgan fingerprint density at radius 2 is 0.628 bits per heavy atom. The lowest BCUT2D eigenvalue weighted by atomic mass is 10.0. The number of carbonyl (C=O) groups is 2. The highest BCUT2D eigenvalue weighted by atomic mass is 32.3. The molecule has 0 aliphatic carbocycles. The van der Waals surface area contributed by atoms with Gasteiger partial charge in [-0.15, -0.1) is 0 Å². The van der Waals surface area contributed by atoms with Gasteiger partial charge in [0.15, 0.2) is 0 Å². The number of hydrogen-bond donors (Lipinski definition) is 2. The molecule has 0 aromatic heterocycles. The Balaban J connectivity index is 0. The van der Waals surface area contributed by atoms with Crippen molar-refractivity contribution in [2.75, 3.05) is 13.6 Å². The number of amides is 2. The molecular formula is C35H72NO6S+. The fraction of sp³-hybridized carbons (Fsp3) is 0.943. The number of hydrogen-bond acceptors (Lipinski definition) is 4. The summed E-state index contributed by atoms with van der Waals surface area (Å²) in [6.07, 6.45) is 35.2. The van der Waals surface area contributed by atoms with Crippen LogP contribution in [0.15, 0.2) is 0 Å². The number of rotatable bonds is 29. The van der Waals surface area contributed by atoms with Gasteiger partial charge in [-0.2, -0.15) is 8.42 Å². The third-order valence-corrected chi connectivity index (χ3v) is 8.72. The van der Waals surface area contributed by atoms with Crippen LogP contribution in [0.4, 0.5) is 0 Å². The molecule has 0 aromatic carbocycles. The van der Waals surface area contributed by atoms with Crippen molar-refractivity contribution in [2.45, 2.75) is 201 Å². The van der Waals surface area contributed by atoms with Gasteiger partial charge in [0.2, 0.25) is 0 Å². The Morgan fingerprint density at radius 1 is 0.442 bits per heavy atom. The quantitative estimate of drug-likeness (QED) is 0.0481. The minimum absolute atomic E-state index is 0.0104. The van der Waals surface area contributed by atoms with Gasteiger partial charge in [-0.3, -0.25) is 9.11 Å². The van der Waals surface area contributed by atoms with Crippen molar-refractivity contribution in [1.82, 2.24) is 0 Å². The van der Waals surface area contributed by atoms with Crippen molar-refractivity contribution in [2.24, 2.45) is 0 Å². The fourth-order valence-electron chi connectivity index (χ4n) is 5.57.